The number of rotatable bonds is 1. The van der Waals surface area contributed by atoms with Crippen molar-refractivity contribution in [1.29, 1.82) is 0 Å². The molecule has 2 heteroatoms. The van der Waals surface area contributed by atoms with Gasteiger partial charge in [-0.15, -0.1) is 11.3 Å². The van der Waals surface area contributed by atoms with E-state index in [1.807, 2.05) is 11.3 Å². The summed E-state index contributed by atoms with van der Waals surface area (Å²) in [4.78, 5) is 1.53. The summed E-state index contributed by atoms with van der Waals surface area (Å²) < 4.78 is 0. The number of hydrogen-bond donors (Lipinski definition) is 1. The Morgan fingerprint density at radius 2 is 2.45 bits per heavy atom. The molecule has 2 heterocycles. The molecule has 1 nitrogen and oxygen atoms in total. The van der Waals surface area contributed by atoms with Gasteiger partial charge in [0.15, 0.2) is 0 Å². The van der Waals surface area contributed by atoms with E-state index in [1.165, 1.54) is 17.0 Å². The van der Waals surface area contributed by atoms with Crippen molar-refractivity contribution in [3.8, 4) is 0 Å². The van der Waals surface area contributed by atoms with Crippen LogP contribution < -0.4 is 5.32 Å². The van der Waals surface area contributed by atoms with Gasteiger partial charge in [-0.2, -0.15) is 0 Å². The molecule has 2 rings (SSSR count). The molecular weight excluding hydrogens is 154 g/mol. The van der Waals surface area contributed by atoms with Crippen LogP contribution in [-0.2, 0) is 0 Å². The molecule has 1 saturated heterocycles. The first-order valence-corrected chi connectivity index (χ1v) is 4.94. The van der Waals surface area contributed by atoms with Crippen LogP contribution in [0.4, 0.5) is 0 Å². The van der Waals surface area contributed by atoms with Gasteiger partial charge in [0.2, 0.25) is 0 Å². The molecule has 1 fully saturated rings. The van der Waals surface area contributed by atoms with Gasteiger partial charge in [0, 0.05) is 17.5 Å². The lowest BCUT2D eigenvalue weighted by Crippen LogP contribution is -2.43. The van der Waals surface area contributed by atoms with Gasteiger partial charge < -0.3 is 5.32 Å². The third-order valence-electron chi connectivity index (χ3n) is 2.41. The SMILES string of the molecule is Cc1ccsc1C1NCC1C. The summed E-state index contributed by atoms with van der Waals surface area (Å²) in [7, 11) is 0. The first-order valence-electron chi connectivity index (χ1n) is 4.06. The van der Waals surface area contributed by atoms with E-state index in [4.69, 9.17) is 0 Å². The van der Waals surface area contributed by atoms with Gasteiger partial charge >= 0.3 is 0 Å². The van der Waals surface area contributed by atoms with Crippen LogP contribution in [0.5, 0.6) is 0 Å². The van der Waals surface area contributed by atoms with Gasteiger partial charge in [-0.1, -0.05) is 6.92 Å². The minimum absolute atomic E-state index is 0.648. The van der Waals surface area contributed by atoms with Crippen LogP contribution in [0.1, 0.15) is 23.4 Å². The minimum Gasteiger partial charge on any atom is -0.309 e. The Labute approximate surface area is 71.4 Å². The fraction of sp³-hybridized carbons (Fsp3) is 0.556. The highest BCUT2D eigenvalue weighted by Gasteiger charge is 2.29. The second-order valence-corrected chi connectivity index (χ2v) is 4.28. The van der Waals surface area contributed by atoms with Gasteiger partial charge in [-0.3, -0.25) is 0 Å². The molecule has 0 radical (unpaired) electrons. The van der Waals surface area contributed by atoms with Crippen LogP contribution in [0.2, 0.25) is 0 Å². The topological polar surface area (TPSA) is 12.0 Å². The Hall–Kier alpha value is -0.340. The molecule has 0 saturated carbocycles. The summed E-state index contributed by atoms with van der Waals surface area (Å²) in [5.41, 5.74) is 1.44. The average Bonchev–Trinajstić information content (AvgIpc) is 2.34. The largest absolute Gasteiger partial charge is 0.309 e. The van der Waals surface area contributed by atoms with Crippen molar-refractivity contribution in [2.45, 2.75) is 19.9 Å². The zero-order valence-corrected chi connectivity index (χ0v) is 7.74. The molecule has 0 spiro atoms. The standard InChI is InChI=1S/C9H13NS/c1-6-3-4-11-9(6)8-7(2)5-10-8/h3-4,7-8,10H,5H2,1-2H3. The highest BCUT2D eigenvalue weighted by Crippen LogP contribution is 2.33. The molecule has 0 amide bonds. The third-order valence-corrected chi connectivity index (χ3v) is 3.51. The van der Waals surface area contributed by atoms with Crippen molar-refractivity contribution in [1.82, 2.24) is 5.32 Å². The highest BCUT2D eigenvalue weighted by molar-refractivity contribution is 7.10. The molecular formula is C9H13NS. The summed E-state index contributed by atoms with van der Waals surface area (Å²) in [5.74, 6) is 0.826. The molecule has 11 heavy (non-hydrogen) atoms. The Balaban J connectivity index is 2.22. The van der Waals surface area contributed by atoms with Gasteiger partial charge in [0.1, 0.15) is 0 Å². The lowest BCUT2D eigenvalue weighted by molar-refractivity contribution is 0.262. The van der Waals surface area contributed by atoms with E-state index in [0.717, 1.165) is 5.92 Å². The average molecular weight is 167 g/mol. The minimum atomic E-state index is 0.648. The van der Waals surface area contributed by atoms with E-state index < -0.39 is 0 Å². The fourth-order valence-electron chi connectivity index (χ4n) is 1.53. The van der Waals surface area contributed by atoms with Crippen LogP contribution in [0, 0.1) is 12.8 Å². The highest BCUT2D eigenvalue weighted by atomic mass is 32.1. The molecule has 2 atom stereocenters. The first kappa shape index (κ1) is 7.32. The second kappa shape index (κ2) is 2.61. The first-order chi connectivity index (χ1) is 5.29. The van der Waals surface area contributed by atoms with Crippen molar-refractivity contribution in [3.63, 3.8) is 0 Å². The van der Waals surface area contributed by atoms with E-state index >= 15 is 0 Å². The van der Waals surface area contributed by atoms with Gasteiger partial charge in [-0.05, 0) is 29.9 Å². The lowest BCUT2D eigenvalue weighted by Gasteiger charge is -2.35. The quantitative estimate of drug-likeness (QED) is 0.677. The molecule has 0 aliphatic carbocycles. The molecule has 1 aromatic heterocycles. The Morgan fingerprint density at radius 1 is 1.64 bits per heavy atom. The van der Waals surface area contributed by atoms with Crippen molar-refractivity contribution in [2.75, 3.05) is 6.54 Å². The number of aryl methyl sites for hydroxylation is 1. The lowest BCUT2D eigenvalue weighted by atomic mass is 9.91. The molecule has 1 aromatic rings. The predicted octanol–water partition coefficient (Wildman–Crippen LogP) is 2.34. The third kappa shape index (κ3) is 1.10. The maximum absolute atomic E-state index is 3.45. The van der Waals surface area contributed by atoms with E-state index in [2.05, 4.69) is 30.6 Å². The van der Waals surface area contributed by atoms with Crippen LogP contribution >= 0.6 is 11.3 Å². The van der Waals surface area contributed by atoms with E-state index in [9.17, 15) is 0 Å². The Bertz CT molecular complexity index is 254. The van der Waals surface area contributed by atoms with E-state index in [1.54, 1.807) is 0 Å². The molecule has 0 bridgehead atoms. The molecule has 60 valence electrons. The maximum Gasteiger partial charge on any atom is 0.0455 e. The Kier molecular flexibility index (Phi) is 1.74. The fourth-order valence-corrected chi connectivity index (χ4v) is 2.66. The van der Waals surface area contributed by atoms with Crippen molar-refractivity contribution < 1.29 is 0 Å². The molecule has 2 unspecified atom stereocenters. The van der Waals surface area contributed by atoms with E-state index in [0.29, 0.717) is 6.04 Å². The summed E-state index contributed by atoms with van der Waals surface area (Å²) in [6, 6.07) is 2.85. The normalized spacial score (nSPS) is 30.0. The Morgan fingerprint density at radius 3 is 2.82 bits per heavy atom. The van der Waals surface area contributed by atoms with Crippen molar-refractivity contribution >= 4 is 11.3 Å². The summed E-state index contributed by atoms with van der Waals surface area (Å²) in [6.07, 6.45) is 0. The van der Waals surface area contributed by atoms with Crippen molar-refractivity contribution in [3.05, 3.63) is 21.9 Å². The smallest absolute Gasteiger partial charge is 0.0455 e. The predicted molar refractivity (Wildman–Crippen MR) is 49.0 cm³/mol. The maximum atomic E-state index is 3.45. The van der Waals surface area contributed by atoms with Gasteiger partial charge in [-0.25, -0.2) is 0 Å². The van der Waals surface area contributed by atoms with Crippen LogP contribution in [-0.4, -0.2) is 6.54 Å². The molecule has 0 aromatic carbocycles. The number of thiophene rings is 1. The molecule has 1 aliphatic rings. The number of hydrogen-bond acceptors (Lipinski definition) is 2. The monoisotopic (exact) mass is 167 g/mol. The summed E-state index contributed by atoms with van der Waals surface area (Å²) in [5, 5.41) is 5.63. The van der Waals surface area contributed by atoms with Gasteiger partial charge in [0.05, 0.1) is 0 Å². The molecule has 1 aliphatic heterocycles. The van der Waals surface area contributed by atoms with Crippen molar-refractivity contribution in [2.24, 2.45) is 5.92 Å². The van der Waals surface area contributed by atoms with Crippen LogP contribution in [0.25, 0.3) is 0 Å². The summed E-state index contributed by atoms with van der Waals surface area (Å²) >= 11 is 1.87. The van der Waals surface area contributed by atoms with Crippen LogP contribution in [0.15, 0.2) is 11.4 Å². The molecule has 1 N–H and O–H groups in total. The van der Waals surface area contributed by atoms with Crippen LogP contribution in [0.3, 0.4) is 0 Å². The zero-order valence-electron chi connectivity index (χ0n) is 6.92. The summed E-state index contributed by atoms with van der Waals surface area (Å²) in [6.45, 7) is 5.68. The van der Waals surface area contributed by atoms with E-state index in [-0.39, 0.29) is 0 Å². The zero-order chi connectivity index (χ0) is 7.84. The van der Waals surface area contributed by atoms with Gasteiger partial charge in [0.25, 0.3) is 0 Å². The number of nitrogens with one attached hydrogen (secondary N) is 1. The second-order valence-electron chi connectivity index (χ2n) is 3.33.